The highest BCUT2D eigenvalue weighted by atomic mass is 35.5. The Morgan fingerprint density at radius 2 is 2.10 bits per heavy atom. The molecule has 102 valence electrons. The molecular weight excluding hydrogens is 274 g/mol. The molecule has 20 heavy (non-hydrogen) atoms. The average Bonchev–Trinajstić information content (AvgIpc) is 2.41. The van der Waals surface area contributed by atoms with E-state index in [4.69, 9.17) is 11.6 Å². The van der Waals surface area contributed by atoms with E-state index in [1.807, 2.05) is 31.2 Å². The standard InChI is InChI=1S/C15H14ClN3O/c1-11-6-8-17-14(10-11)19-15(20)18-9-7-12-4-2-3-5-13(12)16/h2-10H,1H3,(H2,17,18,19,20)/b9-7+. The molecule has 0 spiro atoms. The van der Waals surface area contributed by atoms with Gasteiger partial charge >= 0.3 is 6.03 Å². The second-order valence-electron chi connectivity index (χ2n) is 4.17. The first-order valence-electron chi connectivity index (χ1n) is 6.06. The maximum Gasteiger partial charge on any atom is 0.324 e. The van der Waals surface area contributed by atoms with Gasteiger partial charge in [0.2, 0.25) is 0 Å². The number of amides is 2. The number of hydrogen-bond donors (Lipinski definition) is 2. The van der Waals surface area contributed by atoms with Crippen molar-refractivity contribution in [1.29, 1.82) is 0 Å². The molecule has 0 aliphatic heterocycles. The molecule has 4 nitrogen and oxygen atoms in total. The van der Waals surface area contributed by atoms with Crippen LogP contribution in [0.25, 0.3) is 6.08 Å². The van der Waals surface area contributed by atoms with Gasteiger partial charge in [0.1, 0.15) is 5.82 Å². The Hall–Kier alpha value is -2.33. The molecule has 1 aromatic carbocycles. The Morgan fingerprint density at radius 3 is 2.85 bits per heavy atom. The molecule has 0 saturated carbocycles. The summed E-state index contributed by atoms with van der Waals surface area (Å²) in [7, 11) is 0. The third-order valence-corrected chi connectivity index (χ3v) is 2.88. The predicted octanol–water partition coefficient (Wildman–Crippen LogP) is 3.84. The van der Waals surface area contributed by atoms with E-state index >= 15 is 0 Å². The molecule has 0 fully saturated rings. The van der Waals surface area contributed by atoms with Gasteiger partial charge in [0.05, 0.1) is 0 Å². The first-order chi connectivity index (χ1) is 9.65. The number of rotatable bonds is 3. The minimum Gasteiger partial charge on any atom is -0.314 e. The first-order valence-corrected chi connectivity index (χ1v) is 6.44. The third-order valence-electron chi connectivity index (χ3n) is 2.54. The summed E-state index contributed by atoms with van der Waals surface area (Å²) in [6.45, 7) is 1.93. The van der Waals surface area contributed by atoms with E-state index in [-0.39, 0.29) is 6.03 Å². The number of nitrogens with one attached hydrogen (secondary N) is 2. The van der Waals surface area contributed by atoms with Crippen LogP contribution in [0.4, 0.5) is 10.6 Å². The molecule has 0 bridgehead atoms. The molecule has 0 saturated heterocycles. The molecule has 5 heteroatoms. The van der Waals surface area contributed by atoms with Crippen molar-refractivity contribution >= 4 is 29.5 Å². The monoisotopic (exact) mass is 287 g/mol. The number of pyridine rings is 1. The number of urea groups is 1. The van der Waals surface area contributed by atoms with Crippen molar-refractivity contribution in [2.75, 3.05) is 5.32 Å². The number of anilines is 1. The number of aromatic nitrogens is 1. The van der Waals surface area contributed by atoms with Gasteiger partial charge in [-0.05, 0) is 42.3 Å². The van der Waals surface area contributed by atoms with E-state index in [1.54, 1.807) is 24.4 Å². The van der Waals surface area contributed by atoms with Gasteiger partial charge in [-0.25, -0.2) is 9.78 Å². The summed E-state index contributed by atoms with van der Waals surface area (Å²) in [6, 6.07) is 10.7. The molecule has 0 aliphatic carbocycles. The normalized spacial score (nSPS) is 10.5. The second-order valence-corrected chi connectivity index (χ2v) is 4.58. The third kappa shape index (κ3) is 4.10. The van der Waals surface area contributed by atoms with Crippen molar-refractivity contribution in [3.8, 4) is 0 Å². The fraction of sp³-hybridized carbons (Fsp3) is 0.0667. The van der Waals surface area contributed by atoms with Gasteiger partial charge < -0.3 is 5.32 Å². The number of carbonyl (C=O) groups is 1. The zero-order valence-electron chi connectivity index (χ0n) is 10.9. The molecule has 2 N–H and O–H groups in total. The molecule has 0 aliphatic rings. The lowest BCUT2D eigenvalue weighted by Gasteiger charge is -2.04. The van der Waals surface area contributed by atoms with Gasteiger partial charge in [-0.15, -0.1) is 0 Å². The smallest absolute Gasteiger partial charge is 0.314 e. The Morgan fingerprint density at radius 1 is 1.30 bits per heavy atom. The number of nitrogens with zero attached hydrogens (tertiary/aromatic N) is 1. The number of halogens is 1. The summed E-state index contributed by atoms with van der Waals surface area (Å²) in [5, 5.41) is 5.87. The SMILES string of the molecule is Cc1ccnc(NC(=O)N/C=C/c2ccccc2Cl)c1. The highest BCUT2D eigenvalue weighted by Crippen LogP contribution is 2.15. The summed E-state index contributed by atoms with van der Waals surface area (Å²) >= 11 is 6.00. The van der Waals surface area contributed by atoms with Crippen LogP contribution in [-0.2, 0) is 0 Å². The summed E-state index contributed by atoms with van der Waals surface area (Å²) in [4.78, 5) is 15.7. The van der Waals surface area contributed by atoms with Crippen molar-refractivity contribution in [1.82, 2.24) is 10.3 Å². The van der Waals surface area contributed by atoms with Crippen LogP contribution in [-0.4, -0.2) is 11.0 Å². The van der Waals surface area contributed by atoms with E-state index in [2.05, 4.69) is 15.6 Å². The molecule has 1 heterocycles. The van der Waals surface area contributed by atoms with E-state index < -0.39 is 0 Å². The lowest BCUT2D eigenvalue weighted by atomic mass is 10.2. The van der Waals surface area contributed by atoms with Crippen LogP contribution in [0.5, 0.6) is 0 Å². The van der Waals surface area contributed by atoms with E-state index in [0.717, 1.165) is 11.1 Å². The van der Waals surface area contributed by atoms with Crippen molar-refractivity contribution in [2.45, 2.75) is 6.92 Å². The molecule has 2 amide bonds. The average molecular weight is 288 g/mol. The van der Waals surface area contributed by atoms with E-state index in [1.165, 1.54) is 6.20 Å². The Kier molecular flexibility index (Phi) is 4.74. The molecule has 1 aromatic heterocycles. The summed E-state index contributed by atoms with van der Waals surface area (Å²) < 4.78 is 0. The second kappa shape index (κ2) is 6.73. The highest BCUT2D eigenvalue weighted by Gasteiger charge is 2.00. The van der Waals surface area contributed by atoms with Gasteiger partial charge in [0.15, 0.2) is 0 Å². The molecule has 0 atom stereocenters. The number of aryl methyl sites for hydroxylation is 1. The Bertz CT molecular complexity index is 641. The van der Waals surface area contributed by atoms with Crippen LogP contribution in [0.15, 0.2) is 48.8 Å². The fourth-order valence-electron chi connectivity index (χ4n) is 1.57. The largest absolute Gasteiger partial charge is 0.324 e. The minimum absolute atomic E-state index is 0.355. The predicted molar refractivity (Wildman–Crippen MR) is 81.6 cm³/mol. The first kappa shape index (κ1) is 14.1. The Labute approximate surface area is 122 Å². The topological polar surface area (TPSA) is 54.0 Å². The van der Waals surface area contributed by atoms with Crippen molar-refractivity contribution in [3.63, 3.8) is 0 Å². The maximum absolute atomic E-state index is 11.7. The van der Waals surface area contributed by atoms with Gasteiger partial charge in [-0.1, -0.05) is 29.8 Å². The van der Waals surface area contributed by atoms with Crippen LogP contribution < -0.4 is 10.6 Å². The zero-order chi connectivity index (χ0) is 14.4. The van der Waals surface area contributed by atoms with Crippen LogP contribution in [0.2, 0.25) is 5.02 Å². The van der Waals surface area contributed by atoms with Crippen LogP contribution in [0.3, 0.4) is 0 Å². The quantitative estimate of drug-likeness (QED) is 0.901. The summed E-state index contributed by atoms with van der Waals surface area (Å²) in [6.07, 6.45) is 4.91. The van der Waals surface area contributed by atoms with Gasteiger partial charge in [-0.2, -0.15) is 0 Å². The van der Waals surface area contributed by atoms with Gasteiger partial charge in [0.25, 0.3) is 0 Å². The lowest BCUT2D eigenvalue weighted by Crippen LogP contribution is -2.24. The van der Waals surface area contributed by atoms with E-state index in [9.17, 15) is 4.79 Å². The van der Waals surface area contributed by atoms with Crippen molar-refractivity contribution in [3.05, 3.63) is 64.9 Å². The molecule has 2 aromatic rings. The van der Waals surface area contributed by atoms with Crippen LogP contribution in [0, 0.1) is 6.92 Å². The van der Waals surface area contributed by atoms with Crippen molar-refractivity contribution in [2.24, 2.45) is 0 Å². The minimum atomic E-state index is -0.355. The van der Waals surface area contributed by atoms with Crippen LogP contribution in [0.1, 0.15) is 11.1 Å². The number of carbonyl (C=O) groups excluding carboxylic acids is 1. The highest BCUT2D eigenvalue weighted by molar-refractivity contribution is 6.32. The van der Waals surface area contributed by atoms with Gasteiger partial charge in [-0.3, -0.25) is 5.32 Å². The maximum atomic E-state index is 11.7. The Balaban J connectivity index is 1.91. The van der Waals surface area contributed by atoms with Gasteiger partial charge in [0, 0.05) is 17.4 Å². The number of hydrogen-bond acceptors (Lipinski definition) is 2. The van der Waals surface area contributed by atoms with E-state index in [0.29, 0.717) is 10.8 Å². The van der Waals surface area contributed by atoms with Crippen molar-refractivity contribution < 1.29 is 4.79 Å². The zero-order valence-corrected chi connectivity index (χ0v) is 11.7. The summed E-state index contributed by atoms with van der Waals surface area (Å²) in [5.74, 6) is 0.508. The van der Waals surface area contributed by atoms with Crippen LogP contribution >= 0.6 is 11.6 Å². The number of benzene rings is 1. The molecular formula is C15H14ClN3O. The summed E-state index contributed by atoms with van der Waals surface area (Å²) in [5.41, 5.74) is 1.87. The molecule has 2 rings (SSSR count). The molecule has 0 unspecified atom stereocenters. The molecule has 0 radical (unpaired) electrons. The fourth-order valence-corrected chi connectivity index (χ4v) is 1.77. The lowest BCUT2D eigenvalue weighted by molar-refractivity contribution is 0.255.